The monoisotopic (exact) mass is 231 g/mol. The van der Waals surface area contributed by atoms with Gasteiger partial charge in [0.1, 0.15) is 0 Å². The second-order valence-electron chi connectivity index (χ2n) is 3.41. The molecule has 15 heavy (non-hydrogen) atoms. The smallest absolute Gasteiger partial charge is 0.239 e. The van der Waals surface area contributed by atoms with Gasteiger partial charge in [0.25, 0.3) is 0 Å². The van der Waals surface area contributed by atoms with E-state index in [0.717, 1.165) is 0 Å². The van der Waals surface area contributed by atoms with Crippen LogP contribution in [0.5, 0.6) is 0 Å². The van der Waals surface area contributed by atoms with Gasteiger partial charge >= 0.3 is 0 Å². The van der Waals surface area contributed by atoms with Crippen LogP contribution in [0.3, 0.4) is 0 Å². The average molecular weight is 231 g/mol. The quantitative estimate of drug-likeness (QED) is 0.560. The summed E-state index contributed by atoms with van der Waals surface area (Å²) in [6, 6.07) is 0. The lowest BCUT2D eigenvalue weighted by atomic mass is 9.86. The number of amides is 2. The van der Waals surface area contributed by atoms with E-state index in [0.29, 0.717) is 6.42 Å². The molecule has 0 aromatic carbocycles. The second-order valence-corrected chi connectivity index (χ2v) is 3.85. The summed E-state index contributed by atoms with van der Waals surface area (Å²) < 4.78 is 0. The molecular weight excluding hydrogens is 214 g/mol. The van der Waals surface area contributed by atoms with Gasteiger partial charge in [0.15, 0.2) is 0 Å². The third-order valence-electron chi connectivity index (χ3n) is 2.44. The van der Waals surface area contributed by atoms with Gasteiger partial charge < -0.3 is 16.4 Å². The topological polar surface area (TPSA) is 84.2 Å². The number of carbonyl (C=O) groups is 2. The second kappa shape index (κ2) is 5.65. The van der Waals surface area contributed by atoms with E-state index in [4.69, 9.17) is 18.0 Å². The van der Waals surface area contributed by atoms with Crippen LogP contribution in [0.15, 0.2) is 0 Å². The molecule has 0 saturated heterocycles. The maximum absolute atomic E-state index is 11.7. The van der Waals surface area contributed by atoms with Gasteiger partial charge in [-0.3, -0.25) is 9.59 Å². The summed E-state index contributed by atoms with van der Waals surface area (Å²) in [6.07, 6.45) is 0.502. The van der Waals surface area contributed by atoms with E-state index in [9.17, 15) is 9.59 Å². The number of nitrogens with two attached hydrogens (primary N) is 1. The molecule has 2 amide bonds. The number of nitrogens with one attached hydrogen (secondary N) is 2. The molecule has 0 bridgehead atoms. The van der Waals surface area contributed by atoms with Crippen molar-refractivity contribution in [2.45, 2.75) is 20.3 Å². The Morgan fingerprint density at radius 3 is 2.33 bits per heavy atom. The zero-order chi connectivity index (χ0) is 12.1. The fraction of sp³-hybridized carbons (Fsp3) is 0.667. The number of likely N-dealkylation sites (N-methyl/N-ethyl adjacent to an activating group) is 1. The molecule has 6 heteroatoms. The molecule has 0 aliphatic rings. The minimum Gasteiger partial charge on any atom is -0.392 e. The molecule has 0 radical (unpaired) electrons. The van der Waals surface area contributed by atoms with Crippen molar-refractivity contribution in [3.05, 3.63) is 0 Å². The van der Waals surface area contributed by atoms with Crippen molar-refractivity contribution >= 4 is 29.0 Å². The summed E-state index contributed by atoms with van der Waals surface area (Å²) in [7, 11) is 1.50. The number of hydrogen-bond acceptors (Lipinski definition) is 3. The Bertz CT molecular complexity index is 281. The molecule has 0 fully saturated rings. The van der Waals surface area contributed by atoms with Crippen molar-refractivity contribution in [1.29, 1.82) is 0 Å². The maximum Gasteiger partial charge on any atom is 0.239 e. The predicted octanol–water partition coefficient (Wildman–Crippen LogP) is -0.449. The fourth-order valence-corrected chi connectivity index (χ4v) is 1.13. The highest BCUT2D eigenvalue weighted by atomic mass is 32.1. The molecule has 0 spiro atoms. The van der Waals surface area contributed by atoms with Crippen LogP contribution in [0.25, 0.3) is 0 Å². The lowest BCUT2D eigenvalue weighted by Crippen LogP contribution is -2.48. The molecule has 0 aliphatic carbocycles. The molecule has 1 unspecified atom stereocenters. The summed E-state index contributed by atoms with van der Waals surface area (Å²) in [6.45, 7) is 3.42. The van der Waals surface area contributed by atoms with E-state index in [2.05, 4.69) is 10.6 Å². The Balaban J connectivity index is 4.42. The highest BCUT2D eigenvalue weighted by Crippen LogP contribution is 2.21. The van der Waals surface area contributed by atoms with E-state index in [-0.39, 0.29) is 23.3 Å². The first-order chi connectivity index (χ1) is 6.88. The maximum atomic E-state index is 11.7. The molecule has 0 rings (SSSR count). The average Bonchev–Trinajstić information content (AvgIpc) is 2.23. The molecule has 86 valence electrons. The number of rotatable bonds is 5. The van der Waals surface area contributed by atoms with Crippen LogP contribution >= 0.6 is 12.2 Å². The van der Waals surface area contributed by atoms with Gasteiger partial charge in [-0.05, 0) is 13.3 Å². The van der Waals surface area contributed by atoms with Crippen molar-refractivity contribution in [3.8, 4) is 0 Å². The van der Waals surface area contributed by atoms with Gasteiger partial charge in [-0.1, -0.05) is 19.1 Å². The third-order valence-corrected chi connectivity index (χ3v) is 2.89. The van der Waals surface area contributed by atoms with Crippen LogP contribution in [0.4, 0.5) is 0 Å². The zero-order valence-corrected chi connectivity index (χ0v) is 10.0. The summed E-state index contributed by atoms with van der Waals surface area (Å²) in [4.78, 5) is 22.7. The minimum atomic E-state index is -0.886. The van der Waals surface area contributed by atoms with Crippen LogP contribution in [-0.4, -0.2) is 30.4 Å². The predicted molar refractivity (Wildman–Crippen MR) is 62.3 cm³/mol. The van der Waals surface area contributed by atoms with Crippen molar-refractivity contribution in [2.75, 3.05) is 13.6 Å². The molecule has 0 saturated carbocycles. The number of thiocarbonyl (C=S) groups is 1. The molecule has 4 N–H and O–H groups in total. The molecule has 0 aromatic rings. The summed E-state index contributed by atoms with van der Waals surface area (Å²) >= 11 is 4.83. The first-order valence-corrected chi connectivity index (χ1v) is 5.08. The first kappa shape index (κ1) is 13.8. The van der Waals surface area contributed by atoms with Crippen LogP contribution < -0.4 is 16.4 Å². The number of carbonyl (C=O) groups excluding carboxylic acids is 2. The van der Waals surface area contributed by atoms with Crippen molar-refractivity contribution in [2.24, 2.45) is 11.1 Å². The van der Waals surface area contributed by atoms with Crippen LogP contribution in [0.2, 0.25) is 0 Å². The zero-order valence-electron chi connectivity index (χ0n) is 9.22. The number of hydrogen-bond donors (Lipinski definition) is 3. The van der Waals surface area contributed by atoms with E-state index >= 15 is 0 Å². The molecule has 5 nitrogen and oxygen atoms in total. The highest BCUT2D eigenvalue weighted by Gasteiger charge is 2.34. The Hall–Kier alpha value is -1.17. The Labute approximate surface area is 94.8 Å². The highest BCUT2D eigenvalue weighted by molar-refractivity contribution is 7.80. The SMILES string of the molecule is CCC(C)(C(=O)NCC(=O)NC)C(N)=S. The van der Waals surface area contributed by atoms with Crippen molar-refractivity contribution in [3.63, 3.8) is 0 Å². The summed E-state index contributed by atoms with van der Waals surface area (Å²) in [5, 5.41) is 4.89. The van der Waals surface area contributed by atoms with Gasteiger partial charge in [-0.15, -0.1) is 0 Å². The van der Waals surface area contributed by atoms with Gasteiger partial charge in [-0.2, -0.15) is 0 Å². The molecule has 0 heterocycles. The lowest BCUT2D eigenvalue weighted by Gasteiger charge is -2.25. The van der Waals surface area contributed by atoms with Gasteiger partial charge in [0, 0.05) is 7.05 Å². The Kier molecular flexibility index (Phi) is 5.21. The molecule has 0 aromatic heterocycles. The van der Waals surface area contributed by atoms with Gasteiger partial charge in [0.05, 0.1) is 16.9 Å². The van der Waals surface area contributed by atoms with E-state index in [1.165, 1.54) is 7.05 Å². The largest absolute Gasteiger partial charge is 0.392 e. The van der Waals surface area contributed by atoms with Crippen molar-refractivity contribution in [1.82, 2.24) is 10.6 Å². The standard InChI is InChI=1S/C9H17N3O2S/c1-4-9(2,7(10)15)8(14)12-5-6(13)11-3/h4-5H2,1-3H3,(H2,10,15)(H,11,13)(H,12,14). The van der Waals surface area contributed by atoms with Crippen LogP contribution in [-0.2, 0) is 9.59 Å². The van der Waals surface area contributed by atoms with Gasteiger partial charge in [-0.25, -0.2) is 0 Å². The van der Waals surface area contributed by atoms with E-state index in [1.807, 2.05) is 6.92 Å². The van der Waals surface area contributed by atoms with Crippen molar-refractivity contribution < 1.29 is 9.59 Å². The normalized spacial score (nSPS) is 13.8. The van der Waals surface area contributed by atoms with E-state index < -0.39 is 5.41 Å². The lowest BCUT2D eigenvalue weighted by molar-refractivity contribution is -0.129. The van der Waals surface area contributed by atoms with Gasteiger partial charge in [0.2, 0.25) is 11.8 Å². The molecule has 1 atom stereocenters. The Morgan fingerprint density at radius 2 is 2.00 bits per heavy atom. The summed E-state index contributed by atoms with van der Waals surface area (Å²) in [5.41, 5.74) is 4.61. The van der Waals surface area contributed by atoms with Crippen LogP contribution in [0, 0.1) is 5.41 Å². The molecule has 0 aliphatic heterocycles. The first-order valence-electron chi connectivity index (χ1n) is 4.67. The van der Waals surface area contributed by atoms with E-state index in [1.54, 1.807) is 6.92 Å². The third kappa shape index (κ3) is 3.47. The summed E-state index contributed by atoms with van der Waals surface area (Å²) in [5.74, 6) is -0.578. The molecular formula is C9H17N3O2S. The van der Waals surface area contributed by atoms with Crippen LogP contribution in [0.1, 0.15) is 20.3 Å². The minimum absolute atomic E-state index is 0.0620. The Morgan fingerprint density at radius 1 is 1.47 bits per heavy atom. The fourth-order valence-electron chi connectivity index (χ4n) is 0.891.